The molecule has 1 atom stereocenters. The van der Waals surface area contributed by atoms with Gasteiger partial charge in [-0.25, -0.2) is 4.79 Å². The van der Waals surface area contributed by atoms with Crippen molar-refractivity contribution in [1.29, 1.82) is 5.26 Å². The first-order valence-electron chi connectivity index (χ1n) is 7.86. The zero-order valence-electron chi connectivity index (χ0n) is 14.4. The number of para-hydroxylation sites is 1. The Bertz CT molecular complexity index is 854. The van der Waals surface area contributed by atoms with Crippen LogP contribution < -0.4 is 5.32 Å². The van der Waals surface area contributed by atoms with Crippen molar-refractivity contribution in [1.82, 2.24) is 0 Å². The van der Waals surface area contributed by atoms with E-state index in [0.29, 0.717) is 11.3 Å². The zero-order valence-corrected chi connectivity index (χ0v) is 15.2. The summed E-state index contributed by atoms with van der Waals surface area (Å²) in [6, 6.07) is 16.3. The highest BCUT2D eigenvalue weighted by atomic mass is 32.2. The van der Waals surface area contributed by atoms with Gasteiger partial charge in [0.05, 0.1) is 11.3 Å². The van der Waals surface area contributed by atoms with Crippen LogP contribution in [0.2, 0.25) is 0 Å². The normalized spacial score (nSPS) is 11.6. The van der Waals surface area contributed by atoms with Crippen molar-refractivity contribution < 1.29 is 14.3 Å². The highest BCUT2D eigenvalue weighted by molar-refractivity contribution is 7.98. The fourth-order valence-electron chi connectivity index (χ4n) is 2.07. The molecule has 0 radical (unpaired) electrons. The first kappa shape index (κ1) is 19.3. The van der Waals surface area contributed by atoms with Gasteiger partial charge in [0.2, 0.25) is 0 Å². The van der Waals surface area contributed by atoms with Crippen molar-refractivity contribution >= 4 is 35.4 Å². The summed E-state index contributed by atoms with van der Waals surface area (Å²) in [5.41, 5.74) is 1.58. The second-order valence-corrected chi connectivity index (χ2v) is 6.21. The number of esters is 1. The van der Waals surface area contributed by atoms with Crippen molar-refractivity contribution in [3.63, 3.8) is 0 Å². The van der Waals surface area contributed by atoms with Gasteiger partial charge < -0.3 is 10.1 Å². The predicted molar refractivity (Wildman–Crippen MR) is 103 cm³/mol. The number of hydrogen-bond donors (Lipinski definition) is 1. The maximum atomic E-state index is 12.1. The van der Waals surface area contributed by atoms with E-state index in [2.05, 4.69) is 5.32 Å². The molecule has 0 aliphatic rings. The van der Waals surface area contributed by atoms with Gasteiger partial charge in [0.25, 0.3) is 5.91 Å². The maximum absolute atomic E-state index is 12.1. The third kappa shape index (κ3) is 5.50. The number of nitrogens with one attached hydrogen (secondary N) is 1. The minimum atomic E-state index is -0.988. The summed E-state index contributed by atoms with van der Waals surface area (Å²) in [5.74, 6) is -1.12. The molecule has 132 valence electrons. The monoisotopic (exact) mass is 366 g/mol. The van der Waals surface area contributed by atoms with Crippen molar-refractivity contribution in [2.24, 2.45) is 0 Å². The minimum absolute atomic E-state index is 0.341. The molecule has 1 N–H and O–H groups in total. The second-order valence-electron chi connectivity index (χ2n) is 5.33. The molecule has 6 heteroatoms. The standard InChI is InChI=1S/C20H18N2O3S/c1-14(20(24)22-18-6-4-3-5-16(18)13-21)25-19(23)12-9-15-7-10-17(26-2)11-8-15/h3-12,14H,1-2H3,(H,22,24)/b12-9+/t14-/m1/s1. The van der Waals surface area contributed by atoms with Gasteiger partial charge in [-0.1, -0.05) is 24.3 Å². The molecule has 0 aliphatic carbocycles. The Labute approximate surface area is 156 Å². The van der Waals surface area contributed by atoms with Crippen LogP contribution in [0.15, 0.2) is 59.5 Å². The van der Waals surface area contributed by atoms with Gasteiger partial charge in [0.15, 0.2) is 6.10 Å². The summed E-state index contributed by atoms with van der Waals surface area (Å²) < 4.78 is 5.10. The van der Waals surface area contributed by atoms with Gasteiger partial charge in [-0.3, -0.25) is 4.79 Å². The molecule has 0 fully saturated rings. The van der Waals surface area contributed by atoms with Crippen LogP contribution in [-0.2, 0) is 14.3 Å². The van der Waals surface area contributed by atoms with Crippen molar-refractivity contribution in [2.45, 2.75) is 17.9 Å². The lowest BCUT2D eigenvalue weighted by molar-refractivity contribution is -0.148. The Morgan fingerprint density at radius 1 is 1.19 bits per heavy atom. The second kappa shape index (κ2) is 9.44. The molecule has 0 bridgehead atoms. The van der Waals surface area contributed by atoms with Crippen LogP contribution in [0.25, 0.3) is 6.08 Å². The lowest BCUT2D eigenvalue weighted by Crippen LogP contribution is -2.29. The number of carbonyl (C=O) groups excluding carboxylic acids is 2. The number of rotatable bonds is 6. The van der Waals surface area contributed by atoms with Gasteiger partial charge in [0.1, 0.15) is 6.07 Å². The Hall–Kier alpha value is -3.04. The molecular weight excluding hydrogens is 348 g/mol. The molecule has 26 heavy (non-hydrogen) atoms. The topological polar surface area (TPSA) is 79.2 Å². The molecule has 0 spiro atoms. The fraction of sp³-hybridized carbons (Fsp3) is 0.150. The molecule has 1 amide bonds. The number of hydrogen-bond acceptors (Lipinski definition) is 5. The summed E-state index contributed by atoms with van der Waals surface area (Å²) >= 11 is 1.64. The Morgan fingerprint density at radius 3 is 2.54 bits per heavy atom. The van der Waals surface area contributed by atoms with Crippen LogP contribution in [0.5, 0.6) is 0 Å². The molecule has 2 aromatic carbocycles. The highest BCUT2D eigenvalue weighted by Gasteiger charge is 2.17. The van der Waals surface area contributed by atoms with E-state index in [1.807, 2.05) is 36.6 Å². The molecule has 0 unspecified atom stereocenters. The van der Waals surface area contributed by atoms with Crippen molar-refractivity contribution in [3.05, 3.63) is 65.7 Å². The number of nitrogens with zero attached hydrogens (tertiary/aromatic N) is 1. The van der Waals surface area contributed by atoms with Gasteiger partial charge in [0, 0.05) is 11.0 Å². The Balaban J connectivity index is 1.92. The number of thioether (sulfide) groups is 1. The number of amides is 1. The molecule has 0 aromatic heterocycles. The number of anilines is 1. The first-order valence-corrected chi connectivity index (χ1v) is 9.08. The number of nitriles is 1. The van der Waals surface area contributed by atoms with E-state index >= 15 is 0 Å². The molecule has 2 rings (SSSR count). The largest absolute Gasteiger partial charge is 0.449 e. The van der Waals surface area contributed by atoms with E-state index in [1.165, 1.54) is 13.0 Å². The maximum Gasteiger partial charge on any atom is 0.331 e. The van der Waals surface area contributed by atoms with Gasteiger partial charge >= 0.3 is 5.97 Å². The molecule has 2 aromatic rings. The summed E-state index contributed by atoms with van der Waals surface area (Å²) in [5, 5.41) is 11.6. The predicted octanol–water partition coefficient (Wildman–Crippen LogP) is 3.86. The van der Waals surface area contributed by atoms with E-state index in [1.54, 1.807) is 42.1 Å². The fourth-order valence-corrected chi connectivity index (χ4v) is 2.48. The molecule has 0 saturated carbocycles. The van der Waals surface area contributed by atoms with Crippen molar-refractivity contribution in [3.8, 4) is 6.07 Å². The molecular formula is C20H18N2O3S. The summed E-state index contributed by atoms with van der Waals surface area (Å²) in [6.07, 6.45) is 3.91. The van der Waals surface area contributed by atoms with Crippen LogP contribution in [0, 0.1) is 11.3 Å². The third-order valence-corrected chi connectivity index (χ3v) is 4.24. The summed E-state index contributed by atoms with van der Waals surface area (Å²) in [4.78, 5) is 25.2. The highest BCUT2D eigenvalue weighted by Crippen LogP contribution is 2.16. The van der Waals surface area contributed by atoms with Crippen LogP contribution >= 0.6 is 11.8 Å². The SMILES string of the molecule is CSc1ccc(/C=C/C(=O)O[C@H](C)C(=O)Nc2ccccc2C#N)cc1. The lowest BCUT2D eigenvalue weighted by atomic mass is 10.2. The zero-order chi connectivity index (χ0) is 18.9. The average Bonchev–Trinajstić information content (AvgIpc) is 2.67. The molecule has 0 heterocycles. The number of ether oxygens (including phenoxy) is 1. The van der Waals surface area contributed by atoms with Crippen LogP contribution in [-0.4, -0.2) is 24.2 Å². The third-order valence-electron chi connectivity index (χ3n) is 3.50. The van der Waals surface area contributed by atoms with Crippen molar-refractivity contribution in [2.75, 3.05) is 11.6 Å². The van der Waals surface area contributed by atoms with E-state index in [4.69, 9.17) is 10.00 Å². The quantitative estimate of drug-likeness (QED) is 0.477. The molecule has 5 nitrogen and oxygen atoms in total. The molecule has 0 saturated heterocycles. The smallest absolute Gasteiger partial charge is 0.331 e. The summed E-state index contributed by atoms with van der Waals surface area (Å²) in [7, 11) is 0. The van der Waals surface area contributed by atoms with E-state index in [9.17, 15) is 9.59 Å². The van der Waals surface area contributed by atoms with E-state index < -0.39 is 18.0 Å². The Morgan fingerprint density at radius 2 is 1.88 bits per heavy atom. The number of carbonyl (C=O) groups is 2. The van der Waals surface area contributed by atoms with Gasteiger partial charge in [-0.2, -0.15) is 5.26 Å². The van der Waals surface area contributed by atoms with Crippen LogP contribution in [0.3, 0.4) is 0 Å². The average molecular weight is 366 g/mol. The lowest BCUT2D eigenvalue weighted by Gasteiger charge is -2.13. The van der Waals surface area contributed by atoms with Crippen LogP contribution in [0.4, 0.5) is 5.69 Å². The molecule has 0 aliphatic heterocycles. The summed E-state index contributed by atoms with van der Waals surface area (Å²) in [6.45, 7) is 1.48. The van der Waals surface area contributed by atoms with E-state index in [-0.39, 0.29) is 0 Å². The minimum Gasteiger partial charge on any atom is -0.449 e. The Kier molecular flexibility index (Phi) is 7.01. The van der Waals surface area contributed by atoms with Gasteiger partial charge in [-0.05, 0) is 49.1 Å². The first-order chi connectivity index (χ1) is 12.5. The van der Waals surface area contributed by atoms with Crippen LogP contribution in [0.1, 0.15) is 18.1 Å². The van der Waals surface area contributed by atoms with E-state index in [0.717, 1.165) is 10.5 Å². The number of benzene rings is 2. The van der Waals surface area contributed by atoms with Gasteiger partial charge in [-0.15, -0.1) is 11.8 Å².